The van der Waals surface area contributed by atoms with Crippen molar-refractivity contribution in [3.8, 4) is 0 Å². The van der Waals surface area contributed by atoms with Crippen molar-refractivity contribution in [1.82, 2.24) is 4.90 Å². The van der Waals surface area contributed by atoms with Gasteiger partial charge in [0.25, 0.3) is 0 Å². The number of ketones is 1. The number of hydrogen-bond donors (Lipinski definition) is 0. The van der Waals surface area contributed by atoms with E-state index >= 15 is 0 Å². The van der Waals surface area contributed by atoms with Gasteiger partial charge in [-0.25, -0.2) is 6.57 Å². The number of hydrogen-bond acceptors (Lipinski definition) is 4. The molecule has 1 saturated heterocycles. The molecule has 0 spiro atoms. The first-order chi connectivity index (χ1) is 13.7. The zero-order chi connectivity index (χ0) is 21.6. The van der Waals surface area contributed by atoms with Crippen molar-refractivity contribution in [3.05, 3.63) is 47.3 Å². The highest BCUT2D eigenvalue weighted by atomic mass is 16.6. The first-order valence-electron chi connectivity index (χ1n) is 10.6. The van der Waals surface area contributed by atoms with E-state index < -0.39 is 23.7 Å². The van der Waals surface area contributed by atoms with Crippen LogP contribution in [0.1, 0.15) is 65.9 Å². The minimum Gasteiger partial charge on any atom is -0.459 e. The fourth-order valence-electron chi connectivity index (χ4n) is 4.02. The van der Waals surface area contributed by atoms with E-state index in [2.05, 4.69) is 18.7 Å². The highest BCUT2D eigenvalue weighted by Crippen LogP contribution is 2.33. The Kier molecular flexibility index (Phi) is 7.98. The van der Waals surface area contributed by atoms with Gasteiger partial charge in [-0.1, -0.05) is 57.0 Å². The number of rotatable bonds is 8. The average Bonchev–Trinajstić information content (AvgIpc) is 3.04. The topological polar surface area (TPSA) is 51.0 Å². The Morgan fingerprint density at radius 2 is 1.83 bits per heavy atom. The number of nitrogens with zero attached hydrogens (tertiary/aromatic N) is 2. The van der Waals surface area contributed by atoms with Crippen LogP contribution in [-0.4, -0.2) is 40.4 Å². The molecule has 0 bridgehead atoms. The van der Waals surface area contributed by atoms with Crippen LogP contribution in [0.5, 0.6) is 0 Å². The molecular weight excluding hydrogens is 364 g/mol. The Labute approximate surface area is 175 Å². The van der Waals surface area contributed by atoms with Crippen LogP contribution in [0.15, 0.2) is 30.3 Å². The third-order valence-electron chi connectivity index (χ3n) is 5.61. The molecule has 1 fully saturated rings. The van der Waals surface area contributed by atoms with Gasteiger partial charge in [-0.2, -0.15) is 0 Å². The minimum absolute atomic E-state index is 0.0710. The van der Waals surface area contributed by atoms with E-state index in [9.17, 15) is 9.59 Å². The summed E-state index contributed by atoms with van der Waals surface area (Å²) in [5, 5.41) is 0. The van der Waals surface area contributed by atoms with Gasteiger partial charge in [-0.05, 0) is 32.3 Å². The molecule has 0 N–H and O–H groups in total. The molecule has 0 aromatic heterocycles. The lowest BCUT2D eigenvalue weighted by Crippen LogP contribution is -2.47. The molecule has 0 aliphatic carbocycles. The molecule has 1 aliphatic rings. The van der Waals surface area contributed by atoms with Gasteiger partial charge in [-0.3, -0.25) is 14.5 Å². The largest absolute Gasteiger partial charge is 0.459 e. The van der Waals surface area contributed by atoms with Crippen molar-refractivity contribution in [2.24, 2.45) is 5.92 Å². The first kappa shape index (κ1) is 23.1. The molecule has 5 heteroatoms. The molecule has 1 aromatic carbocycles. The average molecular weight is 399 g/mol. The molecule has 1 aromatic rings. The molecule has 0 radical (unpaired) electrons. The van der Waals surface area contributed by atoms with Crippen LogP contribution in [0.3, 0.4) is 0 Å². The maximum absolute atomic E-state index is 13.3. The van der Waals surface area contributed by atoms with Crippen molar-refractivity contribution >= 4 is 11.8 Å². The van der Waals surface area contributed by atoms with E-state index in [-0.39, 0.29) is 11.8 Å². The maximum atomic E-state index is 13.3. The second-order valence-electron chi connectivity index (χ2n) is 8.94. The fraction of sp³-hybridized carbons (Fsp3) is 0.625. The predicted molar refractivity (Wildman–Crippen MR) is 114 cm³/mol. The summed E-state index contributed by atoms with van der Waals surface area (Å²) in [5.74, 6) is 0.0367. The Hall–Kier alpha value is -2.19. The number of Topliss-reactive ketones (excluding diaryl/α,β-unsaturated/α-hetero) is 1. The summed E-state index contributed by atoms with van der Waals surface area (Å²) in [4.78, 5) is 31.9. The van der Waals surface area contributed by atoms with Crippen LogP contribution >= 0.6 is 0 Å². The summed E-state index contributed by atoms with van der Waals surface area (Å²) < 4.78 is 5.64. The second-order valence-corrected chi connectivity index (χ2v) is 8.94. The Morgan fingerprint density at radius 3 is 2.34 bits per heavy atom. The quantitative estimate of drug-likeness (QED) is 0.472. The molecule has 1 heterocycles. The summed E-state index contributed by atoms with van der Waals surface area (Å²) in [6.45, 7) is 17.8. The molecule has 2 rings (SSSR count). The zero-order valence-corrected chi connectivity index (χ0v) is 18.4. The predicted octanol–water partition coefficient (Wildman–Crippen LogP) is 4.65. The third kappa shape index (κ3) is 6.14. The summed E-state index contributed by atoms with van der Waals surface area (Å²) in [7, 11) is 0. The van der Waals surface area contributed by atoms with Gasteiger partial charge in [0.15, 0.2) is 5.78 Å². The standard InChI is InChI=1S/C24H34N2O3/c1-7-17(8-2)14-21(27)22-19(25-6)15-20(23(28)29-24(3,4)5)26(22)16-18-12-10-9-11-13-18/h9-13,17,19-20,22H,7-8,14-16H2,1-5H3/t19-,20-,22-/m1/s1. The summed E-state index contributed by atoms with van der Waals surface area (Å²) in [6.07, 6.45) is 2.66. The highest BCUT2D eigenvalue weighted by Gasteiger charge is 2.52. The van der Waals surface area contributed by atoms with Gasteiger partial charge >= 0.3 is 5.97 Å². The van der Waals surface area contributed by atoms with E-state index in [0.717, 1.165) is 18.4 Å². The molecule has 29 heavy (non-hydrogen) atoms. The molecule has 5 nitrogen and oxygen atoms in total. The highest BCUT2D eigenvalue weighted by molar-refractivity contribution is 5.88. The molecule has 158 valence electrons. The third-order valence-corrected chi connectivity index (χ3v) is 5.61. The van der Waals surface area contributed by atoms with Crippen molar-refractivity contribution in [3.63, 3.8) is 0 Å². The second kappa shape index (κ2) is 10.0. The Morgan fingerprint density at radius 1 is 1.21 bits per heavy atom. The normalized spacial score (nSPS) is 22.4. The molecule has 0 saturated carbocycles. The SMILES string of the molecule is [C-]#[N+][C@@H]1C[C@H](C(=O)OC(C)(C)C)N(Cc2ccccc2)[C@H]1C(=O)CC(CC)CC. The first-order valence-corrected chi connectivity index (χ1v) is 10.6. The molecule has 0 amide bonds. The zero-order valence-electron chi connectivity index (χ0n) is 18.4. The fourth-order valence-corrected chi connectivity index (χ4v) is 4.02. The van der Waals surface area contributed by atoms with Gasteiger partial charge in [0.1, 0.15) is 17.7 Å². The lowest BCUT2D eigenvalue weighted by atomic mass is 9.92. The van der Waals surface area contributed by atoms with Crippen molar-refractivity contribution in [2.75, 3.05) is 0 Å². The van der Waals surface area contributed by atoms with Crippen LogP contribution in [0.2, 0.25) is 0 Å². The van der Waals surface area contributed by atoms with E-state index in [0.29, 0.717) is 25.3 Å². The van der Waals surface area contributed by atoms with E-state index in [1.54, 1.807) is 0 Å². The van der Waals surface area contributed by atoms with Crippen molar-refractivity contribution < 1.29 is 14.3 Å². The van der Waals surface area contributed by atoms with Crippen molar-refractivity contribution in [1.29, 1.82) is 0 Å². The summed E-state index contributed by atoms with van der Waals surface area (Å²) in [5.41, 5.74) is 0.410. The number of carbonyl (C=O) groups excluding carboxylic acids is 2. The van der Waals surface area contributed by atoms with Crippen LogP contribution in [0.4, 0.5) is 0 Å². The van der Waals surface area contributed by atoms with E-state index in [4.69, 9.17) is 11.3 Å². The van der Waals surface area contributed by atoms with Crippen LogP contribution in [0, 0.1) is 12.5 Å². The Balaban J connectivity index is 2.34. The molecular formula is C24H34N2O3. The van der Waals surface area contributed by atoms with E-state index in [1.807, 2.05) is 56.0 Å². The van der Waals surface area contributed by atoms with Gasteiger partial charge in [-0.15, -0.1) is 0 Å². The van der Waals surface area contributed by atoms with Crippen LogP contribution in [0.25, 0.3) is 4.85 Å². The summed E-state index contributed by atoms with van der Waals surface area (Å²) >= 11 is 0. The minimum atomic E-state index is -0.610. The molecule has 3 atom stereocenters. The van der Waals surface area contributed by atoms with Gasteiger partial charge in [0.2, 0.25) is 6.04 Å². The van der Waals surface area contributed by atoms with Crippen molar-refractivity contribution in [2.45, 2.75) is 90.6 Å². The van der Waals surface area contributed by atoms with Crippen LogP contribution in [-0.2, 0) is 20.9 Å². The maximum Gasteiger partial charge on any atom is 0.324 e. The Bertz CT molecular complexity index is 729. The number of ether oxygens (including phenoxy) is 1. The summed E-state index contributed by atoms with van der Waals surface area (Å²) in [6, 6.07) is 8.14. The molecule has 0 unspecified atom stereocenters. The lowest BCUT2D eigenvalue weighted by Gasteiger charge is -2.30. The lowest BCUT2D eigenvalue weighted by molar-refractivity contribution is -0.161. The number of carbonyl (C=O) groups is 2. The number of benzene rings is 1. The number of likely N-dealkylation sites (tertiary alicyclic amines) is 1. The van der Waals surface area contributed by atoms with Gasteiger partial charge < -0.3 is 9.58 Å². The monoisotopic (exact) mass is 398 g/mol. The molecule has 1 aliphatic heterocycles. The van der Waals surface area contributed by atoms with Gasteiger partial charge in [0, 0.05) is 13.0 Å². The van der Waals surface area contributed by atoms with E-state index in [1.165, 1.54) is 0 Å². The smallest absolute Gasteiger partial charge is 0.324 e. The van der Waals surface area contributed by atoms with Crippen LogP contribution < -0.4 is 0 Å². The number of esters is 1. The van der Waals surface area contributed by atoms with Gasteiger partial charge in [0.05, 0.1) is 6.42 Å².